The van der Waals surface area contributed by atoms with Crippen molar-refractivity contribution >= 4 is 28.0 Å². The van der Waals surface area contributed by atoms with Crippen LogP contribution >= 0.6 is 0 Å². The number of phenolic OH excluding ortho intramolecular Hbond substituents is 5. The highest BCUT2D eigenvalue weighted by Crippen LogP contribution is 2.45. The molecule has 1 aliphatic rings. The van der Waals surface area contributed by atoms with Gasteiger partial charge in [0.05, 0.1) is 11.1 Å². The molecule has 0 saturated heterocycles. The molecular weight excluding hydrogens is 640 g/mol. The lowest BCUT2D eigenvalue weighted by molar-refractivity contribution is 0.108. The van der Waals surface area contributed by atoms with E-state index in [1.807, 2.05) is 32.9 Å². The molecule has 6 aromatic rings. The zero-order valence-corrected chi connectivity index (χ0v) is 27.2. The van der Waals surface area contributed by atoms with Gasteiger partial charge in [-0.05, 0) is 62.2 Å². The molecule has 2 atom stereocenters. The highest BCUT2D eigenvalue weighted by molar-refractivity contribution is 5.89. The molecule has 1 aliphatic heterocycles. The standard InChI is InChI=1S/C40H32O10/c1-20(2)10-24-17-40(3,50-33-7-5-22(12-27(24)33)29-19-49-35-16-26(42)14-32(45)37(35)39(29)47)9-8-23-11-21(4-6-30(23)43)28-18-48-34-15-25(41)13-31(44)36(34)38(28)46/h4-16,18-19,24,41-45H,17H2,1-3H3/b9-8+/t24-,40+/m1/s1. The van der Waals surface area contributed by atoms with Crippen molar-refractivity contribution in [2.24, 2.45) is 0 Å². The Morgan fingerprint density at radius 2 is 1.30 bits per heavy atom. The Morgan fingerprint density at radius 3 is 1.88 bits per heavy atom. The lowest BCUT2D eigenvalue weighted by atomic mass is 9.81. The fourth-order valence-corrected chi connectivity index (χ4v) is 6.55. The summed E-state index contributed by atoms with van der Waals surface area (Å²) in [5.41, 5.74) is 2.12. The summed E-state index contributed by atoms with van der Waals surface area (Å²) in [6.07, 6.45) is 8.77. The molecule has 10 heteroatoms. The van der Waals surface area contributed by atoms with Gasteiger partial charge in [-0.2, -0.15) is 0 Å². The Morgan fingerprint density at radius 1 is 0.740 bits per heavy atom. The van der Waals surface area contributed by atoms with E-state index in [9.17, 15) is 35.1 Å². The van der Waals surface area contributed by atoms with Crippen LogP contribution in [0.1, 0.15) is 44.2 Å². The first-order chi connectivity index (χ1) is 23.8. The van der Waals surface area contributed by atoms with E-state index in [1.54, 1.807) is 30.3 Å². The molecule has 0 spiro atoms. The van der Waals surface area contributed by atoms with Crippen LogP contribution in [0.15, 0.2) is 109 Å². The van der Waals surface area contributed by atoms with Crippen LogP contribution in [0.4, 0.5) is 0 Å². The molecule has 0 fully saturated rings. The molecule has 7 rings (SSSR count). The van der Waals surface area contributed by atoms with Gasteiger partial charge in [0.1, 0.15) is 74.6 Å². The van der Waals surface area contributed by atoms with Gasteiger partial charge >= 0.3 is 0 Å². The summed E-state index contributed by atoms with van der Waals surface area (Å²) in [6.45, 7) is 5.93. The van der Waals surface area contributed by atoms with Crippen molar-refractivity contribution in [3.63, 3.8) is 0 Å². The van der Waals surface area contributed by atoms with Gasteiger partial charge in [-0.15, -0.1) is 0 Å². The number of hydrogen-bond donors (Lipinski definition) is 5. The van der Waals surface area contributed by atoms with E-state index >= 15 is 0 Å². The van der Waals surface area contributed by atoms with Gasteiger partial charge in [-0.25, -0.2) is 0 Å². The van der Waals surface area contributed by atoms with Gasteiger partial charge in [0.2, 0.25) is 10.9 Å². The van der Waals surface area contributed by atoms with E-state index in [1.165, 1.54) is 30.7 Å². The number of hydrogen-bond acceptors (Lipinski definition) is 10. The molecule has 0 saturated carbocycles. The Bertz CT molecular complexity index is 2530. The van der Waals surface area contributed by atoms with Crippen LogP contribution in [-0.2, 0) is 0 Å². The Labute approximate surface area is 284 Å². The van der Waals surface area contributed by atoms with Gasteiger partial charge in [0.15, 0.2) is 0 Å². The van der Waals surface area contributed by atoms with E-state index in [0.29, 0.717) is 28.9 Å². The zero-order chi connectivity index (χ0) is 35.5. The van der Waals surface area contributed by atoms with Crippen molar-refractivity contribution < 1.29 is 39.1 Å². The average molecular weight is 673 g/mol. The molecule has 0 unspecified atom stereocenters. The second-order valence-electron chi connectivity index (χ2n) is 13.0. The second-order valence-corrected chi connectivity index (χ2v) is 13.0. The first-order valence-electron chi connectivity index (χ1n) is 15.8. The van der Waals surface area contributed by atoms with Gasteiger partial charge in [0, 0.05) is 47.7 Å². The minimum Gasteiger partial charge on any atom is -0.508 e. The summed E-state index contributed by atoms with van der Waals surface area (Å²) >= 11 is 0. The first-order valence-corrected chi connectivity index (χ1v) is 15.8. The Kier molecular flexibility index (Phi) is 7.66. The first kappa shape index (κ1) is 32.1. The highest BCUT2D eigenvalue weighted by atomic mass is 16.5. The topological polar surface area (TPSA) is 171 Å². The normalized spacial score (nSPS) is 17.1. The third-order valence-electron chi connectivity index (χ3n) is 8.86. The van der Waals surface area contributed by atoms with Gasteiger partial charge in [0.25, 0.3) is 0 Å². The molecule has 3 heterocycles. The van der Waals surface area contributed by atoms with Crippen LogP contribution in [-0.4, -0.2) is 31.1 Å². The number of aromatic hydroxyl groups is 5. The number of benzene rings is 4. The van der Waals surface area contributed by atoms with E-state index in [2.05, 4.69) is 6.08 Å². The van der Waals surface area contributed by atoms with Crippen molar-refractivity contribution in [3.8, 4) is 56.8 Å². The fraction of sp³-hybridized carbons (Fsp3) is 0.150. The number of ether oxygens (including phenoxy) is 1. The van der Waals surface area contributed by atoms with Crippen LogP contribution in [0.2, 0.25) is 0 Å². The van der Waals surface area contributed by atoms with Crippen LogP contribution < -0.4 is 15.6 Å². The fourth-order valence-electron chi connectivity index (χ4n) is 6.55. The minimum atomic E-state index is -0.834. The predicted octanol–water partition coefficient (Wildman–Crippen LogP) is 8.07. The molecule has 0 amide bonds. The van der Waals surface area contributed by atoms with Crippen LogP contribution in [0.5, 0.6) is 34.5 Å². The highest BCUT2D eigenvalue weighted by Gasteiger charge is 2.35. The quantitative estimate of drug-likeness (QED) is 0.113. The second kappa shape index (κ2) is 11.9. The van der Waals surface area contributed by atoms with Gasteiger partial charge in [-0.1, -0.05) is 29.9 Å². The Hall–Kier alpha value is -6.42. The van der Waals surface area contributed by atoms with Gasteiger partial charge in [-0.3, -0.25) is 9.59 Å². The van der Waals surface area contributed by atoms with Crippen molar-refractivity contribution in [3.05, 3.63) is 122 Å². The molecule has 5 N–H and O–H groups in total. The molecule has 10 nitrogen and oxygen atoms in total. The molecule has 252 valence electrons. The van der Waals surface area contributed by atoms with Crippen molar-refractivity contribution in [2.45, 2.75) is 38.7 Å². The van der Waals surface area contributed by atoms with Crippen molar-refractivity contribution in [2.75, 3.05) is 0 Å². The third kappa shape index (κ3) is 5.70. The largest absolute Gasteiger partial charge is 0.508 e. The number of fused-ring (bicyclic) bond motifs is 3. The van der Waals surface area contributed by atoms with Crippen LogP contribution in [0, 0.1) is 0 Å². The minimum absolute atomic E-state index is 0.0243. The molecule has 0 bridgehead atoms. The van der Waals surface area contributed by atoms with Crippen molar-refractivity contribution in [1.82, 2.24) is 0 Å². The SMILES string of the molecule is CC(C)=C[C@@H]1C[C@](C)(/C=C/c2cc(-c3coc4cc(O)cc(O)c4c3=O)ccc2O)Oc2ccc(-c3coc4cc(O)cc(O)c4c3=O)cc21. The maximum absolute atomic E-state index is 13.4. The maximum Gasteiger partial charge on any atom is 0.204 e. The van der Waals surface area contributed by atoms with Crippen LogP contribution in [0.25, 0.3) is 50.3 Å². The van der Waals surface area contributed by atoms with E-state index in [4.69, 9.17) is 13.6 Å². The monoisotopic (exact) mass is 672 g/mol. The third-order valence-corrected chi connectivity index (χ3v) is 8.86. The van der Waals surface area contributed by atoms with Crippen LogP contribution in [0.3, 0.4) is 0 Å². The summed E-state index contributed by atoms with van der Waals surface area (Å²) < 4.78 is 17.7. The van der Waals surface area contributed by atoms with Gasteiger partial charge < -0.3 is 39.1 Å². The molecular formula is C40H32O10. The van der Waals surface area contributed by atoms with E-state index < -0.39 is 22.2 Å². The molecule has 0 radical (unpaired) electrons. The summed E-state index contributed by atoms with van der Waals surface area (Å²) in [5, 5.41) is 51.0. The van der Waals surface area contributed by atoms with E-state index in [0.717, 1.165) is 23.3 Å². The van der Waals surface area contributed by atoms with E-state index in [-0.39, 0.29) is 62.0 Å². The number of rotatable bonds is 5. The smallest absolute Gasteiger partial charge is 0.204 e. The number of phenols is 5. The summed E-state index contributed by atoms with van der Waals surface area (Å²) in [6, 6.07) is 14.8. The maximum atomic E-state index is 13.4. The summed E-state index contributed by atoms with van der Waals surface area (Å²) in [7, 11) is 0. The average Bonchev–Trinajstić information content (AvgIpc) is 3.04. The Balaban J connectivity index is 1.24. The lowest BCUT2D eigenvalue weighted by Gasteiger charge is -2.38. The molecule has 4 aromatic carbocycles. The molecule has 0 aliphatic carbocycles. The lowest BCUT2D eigenvalue weighted by Crippen LogP contribution is -2.35. The summed E-state index contributed by atoms with van der Waals surface area (Å²) in [4.78, 5) is 26.8. The predicted molar refractivity (Wildman–Crippen MR) is 189 cm³/mol. The van der Waals surface area contributed by atoms with Crippen molar-refractivity contribution in [1.29, 1.82) is 0 Å². The zero-order valence-electron chi connectivity index (χ0n) is 27.2. The molecule has 2 aromatic heterocycles. The molecule has 50 heavy (non-hydrogen) atoms. The summed E-state index contributed by atoms with van der Waals surface area (Å²) in [5.74, 6) is -0.782. The number of allylic oxidation sites excluding steroid dienone is 2.